The second kappa shape index (κ2) is 6.52. The van der Waals surface area contributed by atoms with E-state index in [4.69, 9.17) is 5.73 Å². The third-order valence-corrected chi connectivity index (χ3v) is 6.83. The van der Waals surface area contributed by atoms with Gasteiger partial charge >= 0.3 is 0 Å². The lowest BCUT2D eigenvalue weighted by atomic mass is 10.0. The van der Waals surface area contributed by atoms with Gasteiger partial charge in [-0.05, 0) is 45.7 Å². The molecule has 1 unspecified atom stereocenters. The lowest BCUT2D eigenvalue weighted by molar-refractivity contribution is 0.117. The van der Waals surface area contributed by atoms with Gasteiger partial charge in [0.05, 0.1) is 5.25 Å². The predicted octanol–water partition coefficient (Wildman–Crippen LogP) is 0.614. The average Bonchev–Trinajstić information content (AvgIpc) is 2.47. The van der Waals surface area contributed by atoms with Gasteiger partial charge in [-0.15, -0.1) is 0 Å². The molecule has 0 amide bonds. The maximum atomic E-state index is 12.2. The van der Waals surface area contributed by atoms with E-state index in [1.807, 2.05) is 0 Å². The van der Waals surface area contributed by atoms with Crippen LogP contribution in [0.3, 0.4) is 0 Å². The first-order valence-electron chi connectivity index (χ1n) is 7.49. The summed E-state index contributed by atoms with van der Waals surface area (Å²) in [4.78, 5) is 2.56. The molecule has 2 rings (SSSR count). The van der Waals surface area contributed by atoms with Crippen LogP contribution < -0.4 is 5.73 Å². The lowest BCUT2D eigenvalue weighted by Gasteiger charge is -2.40. The molecular formula is C13H27N3O2S. The minimum atomic E-state index is -3.18. The van der Waals surface area contributed by atoms with Crippen LogP contribution in [-0.4, -0.2) is 61.6 Å². The van der Waals surface area contributed by atoms with Crippen LogP contribution >= 0.6 is 0 Å². The number of piperidine rings is 2. The molecule has 0 aromatic heterocycles. The summed E-state index contributed by atoms with van der Waals surface area (Å²) < 4.78 is 26.1. The predicted molar refractivity (Wildman–Crippen MR) is 77.5 cm³/mol. The van der Waals surface area contributed by atoms with Crippen molar-refractivity contribution in [3.63, 3.8) is 0 Å². The van der Waals surface area contributed by atoms with Crippen molar-refractivity contribution in [1.29, 1.82) is 0 Å². The van der Waals surface area contributed by atoms with Crippen LogP contribution in [0.2, 0.25) is 0 Å². The summed E-state index contributed by atoms with van der Waals surface area (Å²) in [5.74, 6) is 0. The third-order valence-electron chi connectivity index (χ3n) is 4.53. The number of hydrogen-bond acceptors (Lipinski definition) is 4. The number of likely N-dealkylation sites (tertiary alicyclic amines) is 1. The van der Waals surface area contributed by atoms with Gasteiger partial charge in [-0.25, -0.2) is 12.7 Å². The maximum Gasteiger partial charge on any atom is 0.217 e. The molecule has 2 saturated heterocycles. The molecule has 19 heavy (non-hydrogen) atoms. The van der Waals surface area contributed by atoms with E-state index in [2.05, 4.69) is 4.90 Å². The summed E-state index contributed by atoms with van der Waals surface area (Å²) in [6.07, 6.45) is 5.87. The van der Waals surface area contributed by atoms with Crippen LogP contribution in [0.25, 0.3) is 0 Å². The first kappa shape index (κ1) is 15.2. The first-order chi connectivity index (χ1) is 9.05. The van der Waals surface area contributed by atoms with Crippen molar-refractivity contribution in [3.05, 3.63) is 0 Å². The summed E-state index contributed by atoms with van der Waals surface area (Å²) in [5, 5.41) is -0.459. The largest absolute Gasteiger partial charge is 0.329 e. The zero-order chi connectivity index (χ0) is 13.9. The van der Waals surface area contributed by atoms with Crippen molar-refractivity contribution >= 4 is 10.0 Å². The molecule has 0 aromatic carbocycles. The van der Waals surface area contributed by atoms with Gasteiger partial charge in [0.15, 0.2) is 0 Å². The molecule has 2 aliphatic heterocycles. The van der Waals surface area contributed by atoms with E-state index in [1.54, 1.807) is 11.2 Å². The molecule has 0 radical (unpaired) electrons. The molecule has 0 bridgehead atoms. The summed E-state index contributed by atoms with van der Waals surface area (Å²) >= 11 is 0. The molecule has 2 heterocycles. The fourth-order valence-corrected chi connectivity index (χ4v) is 4.59. The highest BCUT2D eigenvalue weighted by molar-refractivity contribution is 7.89. The molecule has 2 aliphatic rings. The van der Waals surface area contributed by atoms with Crippen LogP contribution in [0.5, 0.6) is 0 Å². The minimum absolute atomic E-state index is 0.203. The summed E-state index contributed by atoms with van der Waals surface area (Å²) in [7, 11) is -3.18. The lowest BCUT2D eigenvalue weighted by Crippen LogP contribution is -2.50. The maximum absolute atomic E-state index is 12.2. The third kappa shape index (κ3) is 3.48. The van der Waals surface area contributed by atoms with Crippen molar-refractivity contribution in [2.75, 3.05) is 32.7 Å². The van der Waals surface area contributed by atoms with Crippen LogP contribution in [0.4, 0.5) is 0 Å². The molecule has 0 spiro atoms. The summed E-state index contributed by atoms with van der Waals surface area (Å²) in [6, 6.07) is 0.583. The Morgan fingerprint density at radius 2 is 1.68 bits per heavy atom. The zero-order valence-electron chi connectivity index (χ0n) is 11.9. The molecule has 1 atom stereocenters. The van der Waals surface area contributed by atoms with Crippen molar-refractivity contribution in [1.82, 2.24) is 9.21 Å². The number of rotatable bonds is 4. The SMILES string of the molecule is CC(CN)S(=O)(=O)N1CCC(N2CCCCC2)CC1. The van der Waals surface area contributed by atoms with Crippen LogP contribution in [0.1, 0.15) is 39.0 Å². The number of hydrogen-bond donors (Lipinski definition) is 1. The highest BCUT2D eigenvalue weighted by Gasteiger charge is 2.33. The Labute approximate surface area is 117 Å². The quantitative estimate of drug-likeness (QED) is 0.823. The van der Waals surface area contributed by atoms with E-state index in [0.29, 0.717) is 19.1 Å². The van der Waals surface area contributed by atoms with E-state index in [-0.39, 0.29) is 6.54 Å². The van der Waals surface area contributed by atoms with Crippen LogP contribution in [0, 0.1) is 0 Å². The normalized spacial score (nSPS) is 26.4. The zero-order valence-corrected chi connectivity index (χ0v) is 12.7. The fourth-order valence-electron chi connectivity index (χ4n) is 3.12. The Balaban J connectivity index is 1.88. The first-order valence-corrected chi connectivity index (χ1v) is 8.99. The molecule has 0 saturated carbocycles. The molecule has 6 heteroatoms. The van der Waals surface area contributed by atoms with Crippen molar-refractivity contribution in [2.45, 2.75) is 50.3 Å². The van der Waals surface area contributed by atoms with Crippen LogP contribution in [0.15, 0.2) is 0 Å². The molecule has 0 aromatic rings. The van der Waals surface area contributed by atoms with Crippen LogP contribution in [-0.2, 0) is 10.0 Å². The smallest absolute Gasteiger partial charge is 0.217 e. The van der Waals surface area contributed by atoms with E-state index < -0.39 is 15.3 Å². The van der Waals surface area contributed by atoms with Gasteiger partial charge in [-0.1, -0.05) is 6.42 Å². The van der Waals surface area contributed by atoms with Gasteiger partial charge in [0.1, 0.15) is 0 Å². The highest BCUT2D eigenvalue weighted by Crippen LogP contribution is 2.23. The number of sulfonamides is 1. The summed E-state index contributed by atoms with van der Waals surface area (Å²) in [5.41, 5.74) is 5.49. The highest BCUT2D eigenvalue weighted by atomic mass is 32.2. The number of nitrogens with two attached hydrogens (primary N) is 1. The van der Waals surface area contributed by atoms with E-state index in [9.17, 15) is 8.42 Å². The minimum Gasteiger partial charge on any atom is -0.329 e. The molecule has 2 N–H and O–H groups in total. The Morgan fingerprint density at radius 1 is 1.11 bits per heavy atom. The van der Waals surface area contributed by atoms with Gasteiger partial charge in [0.2, 0.25) is 10.0 Å². The van der Waals surface area contributed by atoms with E-state index in [1.165, 1.54) is 32.4 Å². The topological polar surface area (TPSA) is 66.6 Å². The fraction of sp³-hybridized carbons (Fsp3) is 1.00. The molecule has 2 fully saturated rings. The van der Waals surface area contributed by atoms with Gasteiger partial charge < -0.3 is 10.6 Å². The Kier molecular flexibility index (Phi) is 5.22. The Bertz CT molecular complexity index is 371. The molecule has 112 valence electrons. The van der Waals surface area contributed by atoms with E-state index in [0.717, 1.165) is 12.8 Å². The average molecular weight is 289 g/mol. The van der Waals surface area contributed by atoms with E-state index >= 15 is 0 Å². The molecular weight excluding hydrogens is 262 g/mol. The molecule has 0 aliphatic carbocycles. The van der Waals surface area contributed by atoms with Gasteiger partial charge in [0.25, 0.3) is 0 Å². The molecule has 5 nitrogen and oxygen atoms in total. The Hall–Kier alpha value is -0.170. The van der Waals surface area contributed by atoms with Crippen molar-refractivity contribution in [3.8, 4) is 0 Å². The monoisotopic (exact) mass is 289 g/mol. The van der Waals surface area contributed by atoms with Gasteiger partial charge in [0, 0.05) is 25.7 Å². The Morgan fingerprint density at radius 3 is 2.21 bits per heavy atom. The van der Waals surface area contributed by atoms with Crippen molar-refractivity contribution < 1.29 is 8.42 Å². The standard InChI is InChI=1S/C13H27N3O2S/c1-12(11-14)19(17,18)16-9-5-13(6-10-16)15-7-3-2-4-8-15/h12-13H,2-11,14H2,1H3. The van der Waals surface area contributed by atoms with Gasteiger partial charge in [-0.2, -0.15) is 0 Å². The summed E-state index contributed by atoms with van der Waals surface area (Å²) in [6.45, 7) is 5.61. The second-order valence-electron chi connectivity index (χ2n) is 5.82. The van der Waals surface area contributed by atoms with Gasteiger partial charge in [-0.3, -0.25) is 0 Å². The second-order valence-corrected chi connectivity index (χ2v) is 8.17. The van der Waals surface area contributed by atoms with Crippen molar-refractivity contribution in [2.24, 2.45) is 5.73 Å². The number of nitrogens with zero attached hydrogens (tertiary/aromatic N) is 2.